The number of nitro groups is 1. The van der Waals surface area contributed by atoms with Crippen molar-refractivity contribution in [2.75, 3.05) is 6.61 Å². The van der Waals surface area contributed by atoms with Crippen molar-refractivity contribution in [3.63, 3.8) is 0 Å². The molecular weight excluding hydrogens is 472 g/mol. The van der Waals surface area contributed by atoms with Gasteiger partial charge in [0, 0.05) is 22.8 Å². The third-order valence-corrected chi connectivity index (χ3v) is 4.92. The summed E-state index contributed by atoms with van der Waals surface area (Å²) in [4.78, 5) is 22.7. The molecule has 1 amide bonds. The molecular formula is C20H19BrN4O6. The minimum atomic E-state index is -1.27. The van der Waals surface area contributed by atoms with Gasteiger partial charge < -0.3 is 20.3 Å². The maximum atomic E-state index is 12.5. The van der Waals surface area contributed by atoms with E-state index in [4.69, 9.17) is 4.74 Å². The van der Waals surface area contributed by atoms with Crippen LogP contribution in [0.4, 0.5) is 5.69 Å². The fourth-order valence-corrected chi connectivity index (χ4v) is 2.98. The van der Waals surface area contributed by atoms with Crippen LogP contribution in [-0.2, 0) is 6.73 Å². The monoisotopic (exact) mass is 490 g/mol. The SMILES string of the molecule is O=C(NC(CO)C(O)c1ccc([N+](=O)[O-])cc1)c1ccn(COc2ccc(Br)cc2)n1. The van der Waals surface area contributed by atoms with E-state index in [-0.39, 0.29) is 18.1 Å². The summed E-state index contributed by atoms with van der Waals surface area (Å²) in [6, 6.07) is 12.9. The lowest BCUT2D eigenvalue weighted by Gasteiger charge is -2.22. The summed E-state index contributed by atoms with van der Waals surface area (Å²) in [5.41, 5.74) is 0.267. The number of nitrogens with one attached hydrogen (secondary N) is 1. The fourth-order valence-electron chi connectivity index (χ4n) is 2.72. The number of ether oxygens (including phenoxy) is 1. The molecule has 3 N–H and O–H groups in total. The van der Waals surface area contributed by atoms with Crippen LogP contribution in [0.3, 0.4) is 0 Å². The van der Waals surface area contributed by atoms with Crippen LogP contribution in [0.5, 0.6) is 5.75 Å². The average molecular weight is 491 g/mol. The van der Waals surface area contributed by atoms with Crippen LogP contribution >= 0.6 is 15.9 Å². The van der Waals surface area contributed by atoms with Gasteiger partial charge in [0.1, 0.15) is 17.5 Å². The molecule has 0 saturated heterocycles. The Morgan fingerprint density at radius 3 is 2.48 bits per heavy atom. The number of nitro benzene ring substituents is 1. The van der Waals surface area contributed by atoms with Crippen molar-refractivity contribution in [3.8, 4) is 5.75 Å². The fraction of sp³-hybridized carbons (Fsp3) is 0.200. The number of rotatable bonds is 9. The van der Waals surface area contributed by atoms with E-state index in [1.807, 2.05) is 12.1 Å². The van der Waals surface area contributed by atoms with Gasteiger partial charge in [-0.1, -0.05) is 15.9 Å². The van der Waals surface area contributed by atoms with Crippen LogP contribution in [0.25, 0.3) is 0 Å². The Morgan fingerprint density at radius 2 is 1.87 bits per heavy atom. The largest absolute Gasteiger partial charge is 0.471 e. The van der Waals surface area contributed by atoms with Gasteiger partial charge in [-0.2, -0.15) is 5.10 Å². The van der Waals surface area contributed by atoms with E-state index in [1.54, 1.807) is 18.3 Å². The molecule has 0 aliphatic carbocycles. The molecule has 162 valence electrons. The molecule has 0 aliphatic heterocycles. The summed E-state index contributed by atoms with van der Waals surface area (Å²) in [6.45, 7) is -0.457. The van der Waals surface area contributed by atoms with E-state index < -0.39 is 29.6 Å². The second-order valence-corrected chi connectivity index (χ2v) is 7.44. The van der Waals surface area contributed by atoms with Gasteiger partial charge in [0.2, 0.25) is 0 Å². The number of carbonyl (C=O) groups excluding carboxylic acids is 1. The van der Waals surface area contributed by atoms with E-state index in [9.17, 15) is 25.1 Å². The number of aliphatic hydroxyl groups excluding tert-OH is 2. The van der Waals surface area contributed by atoms with Crippen molar-refractivity contribution >= 4 is 27.5 Å². The highest BCUT2D eigenvalue weighted by molar-refractivity contribution is 9.10. The summed E-state index contributed by atoms with van der Waals surface area (Å²) in [5, 5.41) is 37.4. The average Bonchev–Trinajstić information content (AvgIpc) is 3.26. The summed E-state index contributed by atoms with van der Waals surface area (Å²) in [5.74, 6) is 0.0404. The van der Waals surface area contributed by atoms with Crippen molar-refractivity contribution in [3.05, 3.63) is 86.6 Å². The topological polar surface area (TPSA) is 140 Å². The van der Waals surface area contributed by atoms with Gasteiger partial charge in [-0.25, -0.2) is 4.68 Å². The first kappa shape index (κ1) is 22.4. The predicted molar refractivity (Wildman–Crippen MR) is 113 cm³/mol. The zero-order valence-electron chi connectivity index (χ0n) is 16.1. The van der Waals surface area contributed by atoms with E-state index in [2.05, 4.69) is 26.3 Å². The van der Waals surface area contributed by atoms with Crippen LogP contribution in [-0.4, -0.2) is 43.5 Å². The maximum Gasteiger partial charge on any atom is 0.272 e. The Morgan fingerprint density at radius 1 is 1.19 bits per heavy atom. The molecule has 0 radical (unpaired) electrons. The molecule has 1 aromatic heterocycles. The molecule has 1 heterocycles. The highest BCUT2D eigenvalue weighted by atomic mass is 79.9. The third-order valence-electron chi connectivity index (χ3n) is 4.39. The van der Waals surface area contributed by atoms with Crippen molar-refractivity contribution in [1.82, 2.24) is 15.1 Å². The summed E-state index contributed by atoms with van der Waals surface area (Å²) < 4.78 is 7.94. The zero-order chi connectivity index (χ0) is 22.4. The molecule has 2 unspecified atom stereocenters. The number of non-ortho nitro benzene ring substituents is 1. The van der Waals surface area contributed by atoms with Crippen LogP contribution in [0, 0.1) is 10.1 Å². The van der Waals surface area contributed by atoms with Crippen LogP contribution < -0.4 is 10.1 Å². The molecule has 11 heteroatoms. The number of amides is 1. The Hall–Kier alpha value is -3.28. The van der Waals surface area contributed by atoms with Crippen LogP contribution in [0.2, 0.25) is 0 Å². The van der Waals surface area contributed by atoms with Gasteiger partial charge in [-0.15, -0.1) is 0 Å². The van der Waals surface area contributed by atoms with Gasteiger partial charge in [0.15, 0.2) is 6.73 Å². The van der Waals surface area contributed by atoms with E-state index in [1.165, 1.54) is 35.0 Å². The molecule has 0 aliphatic rings. The number of benzene rings is 2. The number of aliphatic hydroxyl groups is 2. The van der Waals surface area contributed by atoms with Gasteiger partial charge in [-0.05, 0) is 48.0 Å². The Labute approximate surface area is 185 Å². The molecule has 3 aromatic rings. The highest BCUT2D eigenvalue weighted by Crippen LogP contribution is 2.21. The first-order valence-electron chi connectivity index (χ1n) is 9.13. The number of aromatic nitrogens is 2. The Balaban J connectivity index is 1.60. The molecule has 0 bridgehead atoms. The smallest absolute Gasteiger partial charge is 0.272 e. The molecule has 0 spiro atoms. The lowest BCUT2D eigenvalue weighted by atomic mass is 10.0. The predicted octanol–water partition coefficient (Wildman–Crippen LogP) is 2.41. The van der Waals surface area contributed by atoms with E-state index >= 15 is 0 Å². The summed E-state index contributed by atoms with van der Waals surface area (Å²) in [7, 11) is 0. The normalized spacial score (nSPS) is 12.7. The maximum absolute atomic E-state index is 12.5. The first-order chi connectivity index (χ1) is 14.9. The molecule has 10 nitrogen and oxygen atoms in total. The zero-order valence-corrected chi connectivity index (χ0v) is 17.7. The van der Waals surface area contributed by atoms with Crippen molar-refractivity contribution in [2.45, 2.75) is 18.9 Å². The number of nitrogens with zero attached hydrogens (tertiary/aromatic N) is 3. The van der Waals surface area contributed by atoms with Crippen molar-refractivity contribution in [2.24, 2.45) is 0 Å². The van der Waals surface area contributed by atoms with Crippen LogP contribution in [0.15, 0.2) is 65.3 Å². The minimum Gasteiger partial charge on any atom is -0.471 e. The lowest BCUT2D eigenvalue weighted by molar-refractivity contribution is -0.384. The van der Waals surface area contributed by atoms with E-state index in [0.717, 1.165) is 4.47 Å². The van der Waals surface area contributed by atoms with Gasteiger partial charge >= 0.3 is 0 Å². The lowest BCUT2D eigenvalue weighted by Crippen LogP contribution is -2.42. The van der Waals surface area contributed by atoms with Crippen molar-refractivity contribution in [1.29, 1.82) is 0 Å². The molecule has 3 rings (SSSR count). The molecule has 0 saturated carbocycles. The molecule has 31 heavy (non-hydrogen) atoms. The number of hydrogen-bond donors (Lipinski definition) is 3. The third kappa shape index (κ3) is 5.87. The quantitative estimate of drug-likeness (QED) is 0.309. The summed E-state index contributed by atoms with van der Waals surface area (Å²) in [6.07, 6.45) is 0.298. The first-order valence-corrected chi connectivity index (χ1v) is 9.92. The molecule has 2 aromatic carbocycles. The number of halogens is 1. The highest BCUT2D eigenvalue weighted by Gasteiger charge is 2.24. The van der Waals surface area contributed by atoms with Gasteiger partial charge in [0.05, 0.1) is 17.6 Å². The Bertz CT molecular complexity index is 1040. The Kier molecular flexibility index (Phi) is 7.34. The van der Waals surface area contributed by atoms with Crippen LogP contribution in [0.1, 0.15) is 22.2 Å². The molecule has 0 fully saturated rings. The van der Waals surface area contributed by atoms with Crippen molar-refractivity contribution < 1.29 is 24.7 Å². The number of hydrogen-bond acceptors (Lipinski definition) is 7. The summed E-state index contributed by atoms with van der Waals surface area (Å²) >= 11 is 3.34. The molecule has 2 atom stereocenters. The second-order valence-electron chi connectivity index (χ2n) is 6.52. The van der Waals surface area contributed by atoms with E-state index in [0.29, 0.717) is 11.3 Å². The standard InChI is InChI=1S/C20H19BrN4O6/c21-14-3-7-16(8-4-14)31-12-24-10-9-17(23-24)20(28)22-18(11-26)19(27)13-1-5-15(6-2-13)25(29)30/h1-10,18-19,26-27H,11-12H2,(H,22,28). The second kappa shape index (κ2) is 10.2. The van der Waals surface area contributed by atoms with Gasteiger partial charge in [-0.3, -0.25) is 14.9 Å². The van der Waals surface area contributed by atoms with Gasteiger partial charge in [0.25, 0.3) is 11.6 Å². The minimum absolute atomic E-state index is 0.0776. The number of carbonyl (C=O) groups is 1.